The van der Waals surface area contributed by atoms with Crippen LogP contribution in [0.1, 0.15) is 0 Å². The van der Waals surface area contributed by atoms with Gasteiger partial charge in [0, 0.05) is 0 Å². The maximum atomic E-state index is 2.57. The van der Waals surface area contributed by atoms with Gasteiger partial charge in [0.25, 0.3) is 0 Å². The number of halogens is 4. The Bertz CT molecular complexity index is 25.2. The molecule has 36 valence electrons. The molecule has 7 heteroatoms. The van der Waals surface area contributed by atoms with Crippen LogP contribution in [-0.2, 0) is 4.17 Å². The van der Waals surface area contributed by atoms with Gasteiger partial charge in [-0.25, -0.2) is 0 Å². The van der Waals surface area contributed by atoms with E-state index in [1.54, 1.807) is 0 Å². The quantitative estimate of drug-likeness (QED) is 0.260. The van der Waals surface area contributed by atoms with Crippen molar-refractivity contribution in [2.45, 2.75) is 0 Å². The minimum absolute atomic E-state index is 0. The Morgan fingerprint density at radius 2 is 0.714 bits per heavy atom. The molecule has 7 heavy (non-hydrogen) atoms. The van der Waals surface area contributed by atoms with E-state index in [0.717, 1.165) is 0 Å². The van der Waals surface area contributed by atoms with Crippen LogP contribution in [0.2, 0.25) is 0 Å². The molecule has 0 aromatic carbocycles. The normalized spacial score (nSPS) is 8.57. The summed E-state index contributed by atoms with van der Waals surface area (Å²) in [5, 5.41) is 0. The van der Waals surface area contributed by atoms with E-state index in [-0.39, 0.29) is 51.7 Å². The maximum absolute atomic E-state index is 2.57. The third-order valence-electron chi connectivity index (χ3n) is 0. The Balaban J connectivity index is -0.0000000800. The van der Waals surface area contributed by atoms with Crippen LogP contribution in [0.25, 0.3) is 0 Å². The van der Waals surface area contributed by atoms with E-state index in [4.69, 9.17) is 0 Å². The van der Waals surface area contributed by atoms with Crippen LogP contribution < -0.4 is 0 Å². The molecular formula is HgI4In2. The number of hydrogen-bond donors (Lipinski definition) is 0. The van der Waals surface area contributed by atoms with Gasteiger partial charge in [0.15, 0.2) is 0 Å². The standard InChI is InChI=1S/Hg.4HI.2In/h;4*1H;;/q+2;;;;;2*+1/p-4. The van der Waals surface area contributed by atoms with Crippen LogP contribution in [0.4, 0.5) is 0 Å². The molecule has 0 fully saturated rings. The smallest absolute Gasteiger partial charge is 1.00 e. The van der Waals surface area contributed by atoms with Gasteiger partial charge in [0.2, 0.25) is 0 Å². The van der Waals surface area contributed by atoms with Crippen molar-refractivity contribution in [3.8, 4) is 0 Å². The molecule has 0 aromatic rings. The van der Waals surface area contributed by atoms with Crippen molar-refractivity contribution in [2.24, 2.45) is 0 Å². The Hall–Kier alpha value is 5.60. The van der Waals surface area contributed by atoms with Crippen LogP contribution in [0.5, 0.6) is 0 Å². The summed E-state index contributed by atoms with van der Waals surface area (Å²) in [7, 11) is 0. The third kappa shape index (κ3) is 34.1. The predicted octanol–water partition coefficient (Wildman–Crippen LogP) is 2.78. The number of hydrogen-bond acceptors (Lipinski definition) is 0. The molecule has 0 atom stereocenters. The summed E-state index contributed by atoms with van der Waals surface area (Å²) in [5.74, 6) is 0. The van der Waals surface area contributed by atoms with Crippen molar-refractivity contribution in [1.82, 2.24) is 0 Å². The molecule has 0 spiro atoms. The average molecular weight is 938 g/mol. The molecule has 0 heterocycles. The van der Waals surface area contributed by atoms with Crippen molar-refractivity contribution in [3.05, 3.63) is 0 Å². The summed E-state index contributed by atoms with van der Waals surface area (Å²) < 4.78 is -1.51. The average Bonchev–Trinajstić information content (AvgIpc) is 0.722. The van der Waals surface area contributed by atoms with Crippen LogP contribution in [0.15, 0.2) is 0 Å². The summed E-state index contributed by atoms with van der Waals surface area (Å²) in [6.45, 7) is 0. The van der Waals surface area contributed by atoms with E-state index in [2.05, 4.69) is 70.7 Å². The maximum Gasteiger partial charge on any atom is 1.00 e. The zero-order valence-corrected chi connectivity index (χ0v) is 24.1. The topological polar surface area (TPSA) is 0 Å². The van der Waals surface area contributed by atoms with Gasteiger partial charge in [-0.15, -0.1) is 0 Å². The van der Waals surface area contributed by atoms with Gasteiger partial charge in [-0.05, 0) is 0 Å². The molecule has 0 saturated carbocycles. The van der Waals surface area contributed by atoms with E-state index in [1.165, 1.54) is 0 Å². The monoisotopic (exact) mass is 939 g/mol. The van der Waals surface area contributed by atoms with Crippen molar-refractivity contribution in [1.29, 1.82) is 0 Å². The first-order valence-corrected chi connectivity index (χ1v) is 62.9. The molecule has 0 nitrogen and oxygen atoms in total. The molecule has 0 saturated heterocycles. The Morgan fingerprint density at radius 3 is 0.714 bits per heavy atom. The van der Waals surface area contributed by atoms with Gasteiger partial charge in [0.1, 0.15) is 0 Å². The summed E-state index contributed by atoms with van der Waals surface area (Å²) in [6, 6.07) is 0. The zero-order chi connectivity index (χ0) is 4.50. The largest absolute Gasteiger partial charge is 1.00 e. The molecule has 0 unspecified atom stereocenters. The van der Waals surface area contributed by atoms with Gasteiger partial charge in [0.05, 0.1) is 0 Å². The van der Waals surface area contributed by atoms with Gasteiger partial charge in [-0.1, -0.05) is 0 Å². The van der Waals surface area contributed by atoms with Crippen molar-refractivity contribution >= 4 is 122 Å². The van der Waals surface area contributed by atoms with Crippen LogP contribution >= 0.6 is 70.7 Å². The van der Waals surface area contributed by atoms with E-state index in [0.29, 0.717) is 0 Å². The van der Waals surface area contributed by atoms with Gasteiger partial charge >= 0.3 is 127 Å². The van der Waals surface area contributed by atoms with E-state index < -0.39 is 4.17 Å². The molecular weight excluding hydrogens is 938 g/mol. The van der Waals surface area contributed by atoms with Gasteiger partial charge < -0.3 is 0 Å². The SMILES string of the molecule is [I][Hg-2]([I])([I])[I].[In+].[In+]. The van der Waals surface area contributed by atoms with Crippen molar-refractivity contribution < 1.29 is 4.17 Å². The molecule has 0 rings (SSSR count). The van der Waals surface area contributed by atoms with E-state index in [9.17, 15) is 0 Å². The first-order chi connectivity index (χ1) is 2.00. The fraction of sp³-hybridized carbons (Fsp3) is 0. The Morgan fingerprint density at radius 1 is 0.714 bits per heavy atom. The molecule has 0 aliphatic heterocycles. The molecule has 0 amide bonds. The Labute approximate surface area is 122 Å². The first kappa shape index (κ1) is 18.4. The van der Waals surface area contributed by atoms with Crippen LogP contribution in [-0.4, -0.2) is 51.7 Å². The van der Waals surface area contributed by atoms with Crippen molar-refractivity contribution in [3.63, 3.8) is 0 Å². The Kier molecular flexibility index (Phi) is 25.4. The molecule has 0 aliphatic carbocycles. The molecule has 4 radical (unpaired) electrons. The fourth-order valence-corrected chi connectivity index (χ4v) is 0. The third-order valence-corrected chi connectivity index (χ3v) is 0. The second-order valence-corrected chi connectivity index (χ2v) is 239. The van der Waals surface area contributed by atoms with Gasteiger partial charge in [-0.2, -0.15) is 0 Å². The second-order valence-electron chi connectivity index (χ2n) is 0.606. The number of rotatable bonds is 0. The minimum Gasteiger partial charge on any atom is 1.00 e. The predicted molar refractivity (Wildman–Crippen MR) is 67.6 cm³/mol. The summed E-state index contributed by atoms with van der Waals surface area (Å²) in [4.78, 5) is 0. The minimum atomic E-state index is -1.51. The molecule has 0 bridgehead atoms. The molecule has 0 N–H and O–H groups in total. The fourth-order valence-electron chi connectivity index (χ4n) is 0. The summed E-state index contributed by atoms with van der Waals surface area (Å²) in [5.41, 5.74) is 0. The van der Waals surface area contributed by atoms with Crippen molar-refractivity contribution in [2.75, 3.05) is 0 Å². The zero-order valence-electron chi connectivity index (χ0n) is 3.37. The summed E-state index contributed by atoms with van der Waals surface area (Å²) in [6.07, 6.45) is 0. The first-order valence-electron chi connectivity index (χ1n) is 1.07. The molecule has 0 aromatic heterocycles. The van der Waals surface area contributed by atoms with Gasteiger partial charge in [-0.3, -0.25) is 0 Å². The van der Waals surface area contributed by atoms with E-state index >= 15 is 0 Å². The summed E-state index contributed by atoms with van der Waals surface area (Å²) >= 11 is 10.3. The molecule has 0 aliphatic rings. The van der Waals surface area contributed by atoms with E-state index in [1.807, 2.05) is 0 Å². The van der Waals surface area contributed by atoms with Crippen LogP contribution in [0, 0.1) is 0 Å². The van der Waals surface area contributed by atoms with Crippen LogP contribution in [0.3, 0.4) is 0 Å². The second kappa shape index (κ2) is 9.68.